The molecule has 2 unspecified atom stereocenters. The zero-order valence-corrected chi connectivity index (χ0v) is 12.0. The van der Waals surface area contributed by atoms with Crippen molar-refractivity contribution in [2.24, 2.45) is 5.92 Å². The highest BCUT2D eigenvalue weighted by Gasteiger charge is 2.11. The first kappa shape index (κ1) is 15.1. The summed E-state index contributed by atoms with van der Waals surface area (Å²) < 4.78 is 13.6. The van der Waals surface area contributed by atoms with E-state index in [-0.39, 0.29) is 23.5 Å². The first-order valence-corrected chi connectivity index (χ1v) is 6.60. The first-order chi connectivity index (χ1) is 8.38. The number of amides is 1. The summed E-state index contributed by atoms with van der Waals surface area (Å²) in [5, 5.41) is 11.9. The van der Waals surface area contributed by atoms with Crippen molar-refractivity contribution in [3.05, 3.63) is 34.1 Å². The number of aliphatic hydroxyl groups is 1. The molecule has 0 saturated heterocycles. The summed E-state index contributed by atoms with van der Waals surface area (Å²) in [4.78, 5) is 11.8. The van der Waals surface area contributed by atoms with E-state index in [0.29, 0.717) is 17.4 Å². The molecule has 1 aromatic rings. The van der Waals surface area contributed by atoms with E-state index < -0.39 is 5.82 Å². The molecular weight excluding hydrogens is 301 g/mol. The van der Waals surface area contributed by atoms with Gasteiger partial charge in [-0.2, -0.15) is 0 Å². The summed E-state index contributed by atoms with van der Waals surface area (Å²) in [6, 6.07) is 4.06. The maximum absolute atomic E-state index is 13.1. The van der Waals surface area contributed by atoms with Gasteiger partial charge in [0.2, 0.25) is 0 Å². The van der Waals surface area contributed by atoms with Crippen LogP contribution in [0.1, 0.15) is 30.6 Å². The van der Waals surface area contributed by atoms with Gasteiger partial charge in [-0.25, -0.2) is 4.39 Å². The number of benzene rings is 1. The van der Waals surface area contributed by atoms with Crippen LogP contribution < -0.4 is 5.32 Å². The Kier molecular flexibility index (Phi) is 5.75. The second-order valence-electron chi connectivity index (χ2n) is 4.56. The van der Waals surface area contributed by atoms with Crippen LogP contribution in [0.25, 0.3) is 0 Å². The van der Waals surface area contributed by atoms with E-state index in [4.69, 9.17) is 0 Å². The van der Waals surface area contributed by atoms with Gasteiger partial charge < -0.3 is 10.4 Å². The molecule has 0 aliphatic carbocycles. The summed E-state index contributed by atoms with van der Waals surface area (Å²) in [6.07, 6.45) is 0.229. The largest absolute Gasteiger partial charge is 0.393 e. The Morgan fingerprint density at radius 3 is 2.67 bits per heavy atom. The van der Waals surface area contributed by atoms with Gasteiger partial charge in [0, 0.05) is 16.6 Å². The lowest BCUT2D eigenvalue weighted by Gasteiger charge is -2.14. The highest BCUT2D eigenvalue weighted by molar-refractivity contribution is 9.10. The maximum Gasteiger partial charge on any atom is 0.251 e. The van der Waals surface area contributed by atoms with Crippen molar-refractivity contribution in [1.29, 1.82) is 0 Å². The number of rotatable bonds is 5. The average Bonchev–Trinajstić information content (AvgIpc) is 2.23. The standard InChI is InChI=1S/C13H17BrFNO2/c1-8(3-9(2)17)7-16-13(18)10-4-11(14)6-12(15)5-10/h4-6,8-9,17H,3,7H2,1-2H3,(H,16,18). The van der Waals surface area contributed by atoms with Crippen molar-refractivity contribution in [3.8, 4) is 0 Å². The van der Waals surface area contributed by atoms with Gasteiger partial charge in [0.15, 0.2) is 0 Å². The minimum absolute atomic E-state index is 0.172. The van der Waals surface area contributed by atoms with Crippen LogP contribution in [-0.4, -0.2) is 23.7 Å². The predicted molar refractivity (Wildman–Crippen MR) is 71.9 cm³/mol. The first-order valence-electron chi connectivity index (χ1n) is 5.81. The monoisotopic (exact) mass is 317 g/mol. The molecule has 0 bridgehead atoms. The molecule has 1 rings (SSSR count). The fourth-order valence-corrected chi connectivity index (χ4v) is 2.18. The summed E-state index contributed by atoms with van der Waals surface area (Å²) in [7, 11) is 0. The zero-order valence-electron chi connectivity index (χ0n) is 10.4. The van der Waals surface area contributed by atoms with Gasteiger partial charge in [-0.1, -0.05) is 22.9 Å². The number of nitrogens with one attached hydrogen (secondary N) is 1. The molecular formula is C13H17BrFNO2. The topological polar surface area (TPSA) is 49.3 Å². The fraction of sp³-hybridized carbons (Fsp3) is 0.462. The van der Waals surface area contributed by atoms with Gasteiger partial charge in [-0.3, -0.25) is 4.79 Å². The Morgan fingerprint density at radius 2 is 2.11 bits per heavy atom. The van der Waals surface area contributed by atoms with E-state index in [1.807, 2.05) is 6.92 Å². The van der Waals surface area contributed by atoms with Crippen LogP contribution in [0.5, 0.6) is 0 Å². The lowest BCUT2D eigenvalue weighted by atomic mass is 10.0. The third kappa shape index (κ3) is 5.14. The minimum Gasteiger partial charge on any atom is -0.393 e. The molecule has 1 amide bonds. The molecule has 0 heterocycles. The Hall–Kier alpha value is -0.940. The normalized spacial score (nSPS) is 14.1. The second kappa shape index (κ2) is 6.85. The van der Waals surface area contributed by atoms with E-state index in [1.165, 1.54) is 12.1 Å². The minimum atomic E-state index is -0.452. The highest BCUT2D eigenvalue weighted by atomic mass is 79.9. The number of aliphatic hydroxyl groups excluding tert-OH is 1. The Bertz CT molecular complexity index is 403. The lowest BCUT2D eigenvalue weighted by Crippen LogP contribution is -2.29. The van der Waals surface area contributed by atoms with Crippen molar-refractivity contribution in [2.45, 2.75) is 26.4 Å². The average molecular weight is 318 g/mol. The number of hydrogen-bond donors (Lipinski definition) is 2. The van der Waals surface area contributed by atoms with Crippen molar-refractivity contribution >= 4 is 21.8 Å². The molecule has 0 aliphatic rings. The number of carbonyl (C=O) groups excluding carboxylic acids is 1. The molecule has 5 heteroatoms. The van der Waals surface area contributed by atoms with Crippen LogP contribution in [0.15, 0.2) is 22.7 Å². The van der Waals surface area contributed by atoms with Crippen LogP contribution in [0.2, 0.25) is 0 Å². The summed E-state index contributed by atoms with van der Waals surface area (Å²) in [5.41, 5.74) is 0.283. The number of carbonyl (C=O) groups is 1. The number of halogens is 2. The van der Waals surface area contributed by atoms with Crippen LogP contribution in [-0.2, 0) is 0 Å². The lowest BCUT2D eigenvalue weighted by molar-refractivity contribution is 0.0939. The van der Waals surface area contributed by atoms with E-state index >= 15 is 0 Å². The van der Waals surface area contributed by atoms with Crippen LogP contribution in [0.4, 0.5) is 4.39 Å². The predicted octanol–water partition coefficient (Wildman–Crippen LogP) is 2.73. The van der Waals surface area contributed by atoms with Crippen LogP contribution >= 0.6 is 15.9 Å². The Labute approximate surface area is 115 Å². The molecule has 0 radical (unpaired) electrons. The molecule has 1 aromatic carbocycles. The van der Waals surface area contributed by atoms with E-state index in [0.717, 1.165) is 0 Å². The third-order valence-corrected chi connectivity index (χ3v) is 2.94. The van der Waals surface area contributed by atoms with Crippen molar-refractivity contribution in [1.82, 2.24) is 5.32 Å². The van der Waals surface area contributed by atoms with Gasteiger partial charge >= 0.3 is 0 Å². The van der Waals surface area contributed by atoms with E-state index in [1.54, 1.807) is 13.0 Å². The molecule has 2 atom stereocenters. The van der Waals surface area contributed by atoms with Gasteiger partial charge in [0.1, 0.15) is 5.82 Å². The highest BCUT2D eigenvalue weighted by Crippen LogP contribution is 2.15. The molecule has 0 saturated carbocycles. The number of hydrogen-bond acceptors (Lipinski definition) is 2. The summed E-state index contributed by atoms with van der Waals surface area (Å²) >= 11 is 3.14. The van der Waals surface area contributed by atoms with Crippen LogP contribution in [0, 0.1) is 11.7 Å². The van der Waals surface area contributed by atoms with E-state index in [9.17, 15) is 14.3 Å². The van der Waals surface area contributed by atoms with Gasteiger partial charge in [-0.15, -0.1) is 0 Å². The zero-order chi connectivity index (χ0) is 13.7. The molecule has 2 N–H and O–H groups in total. The van der Waals surface area contributed by atoms with Gasteiger partial charge in [0.25, 0.3) is 5.91 Å². The third-order valence-electron chi connectivity index (χ3n) is 2.48. The summed E-state index contributed by atoms with van der Waals surface area (Å²) in [6.45, 7) is 4.11. The molecule has 100 valence electrons. The molecule has 0 aliphatic heterocycles. The van der Waals surface area contributed by atoms with E-state index in [2.05, 4.69) is 21.2 Å². The quantitative estimate of drug-likeness (QED) is 0.877. The van der Waals surface area contributed by atoms with Crippen LogP contribution in [0.3, 0.4) is 0 Å². The van der Waals surface area contributed by atoms with Crippen molar-refractivity contribution in [2.75, 3.05) is 6.54 Å². The summed E-state index contributed by atoms with van der Waals surface area (Å²) in [5.74, 6) is -0.592. The Balaban J connectivity index is 2.55. The fourth-order valence-electron chi connectivity index (χ4n) is 1.72. The van der Waals surface area contributed by atoms with Gasteiger partial charge in [-0.05, 0) is 37.5 Å². The molecule has 0 fully saturated rings. The Morgan fingerprint density at radius 1 is 1.44 bits per heavy atom. The molecule has 3 nitrogen and oxygen atoms in total. The molecule has 0 aromatic heterocycles. The SMILES string of the molecule is CC(O)CC(C)CNC(=O)c1cc(F)cc(Br)c1. The van der Waals surface area contributed by atoms with Crippen molar-refractivity contribution in [3.63, 3.8) is 0 Å². The molecule has 0 spiro atoms. The maximum atomic E-state index is 13.1. The van der Waals surface area contributed by atoms with Crippen molar-refractivity contribution < 1.29 is 14.3 Å². The second-order valence-corrected chi connectivity index (χ2v) is 5.47. The smallest absolute Gasteiger partial charge is 0.251 e. The van der Waals surface area contributed by atoms with Gasteiger partial charge in [0.05, 0.1) is 6.10 Å². The molecule has 18 heavy (non-hydrogen) atoms.